The molecule has 2 heterocycles. The molecule has 0 saturated carbocycles. The van der Waals surface area contributed by atoms with Crippen LogP contribution in [0.3, 0.4) is 0 Å². The molecule has 0 atom stereocenters. The molecule has 0 aromatic carbocycles. The van der Waals surface area contributed by atoms with Crippen molar-refractivity contribution in [1.29, 1.82) is 0 Å². The molecule has 2 rings (SSSR count). The maximum atomic E-state index is 11.2. The van der Waals surface area contributed by atoms with Crippen LogP contribution in [0.1, 0.15) is 18.7 Å². The van der Waals surface area contributed by atoms with E-state index in [4.69, 9.17) is 4.74 Å². The predicted octanol–water partition coefficient (Wildman–Crippen LogP) is 0.209. The van der Waals surface area contributed by atoms with Gasteiger partial charge in [0, 0.05) is 0 Å². The van der Waals surface area contributed by atoms with Crippen LogP contribution in [0.2, 0.25) is 0 Å². The van der Waals surface area contributed by atoms with E-state index in [9.17, 15) is 4.79 Å². The normalized spacial score (nSPS) is 17.7. The van der Waals surface area contributed by atoms with Crippen molar-refractivity contribution in [1.82, 2.24) is 15.3 Å². The molecule has 0 spiro atoms. The Morgan fingerprint density at radius 1 is 1.47 bits per heavy atom. The van der Waals surface area contributed by atoms with Crippen LogP contribution < -0.4 is 15.6 Å². The molecule has 1 aromatic heterocycles. The van der Waals surface area contributed by atoms with Crippen LogP contribution >= 0.6 is 0 Å². The second kappa shape index (κ2) is 4.44. The van der Waals surface area contributed by atoms with E-state index in [2.05, 4.69) is 15.3 Å². The van der Waals surface area contributed by atoms with Crippen molar-refractivity contribution in [3.8, 4) is 5.88 Å². The number of hydrogen-bond acceptors (Lipinski definition) is 4. The minimum Gasteiger partial charge on any atom is -0.474 e. The van der Waals surface area contributed by atoms with Crippen LogP contribution in [0.25, 0.3) is 0 Å². The standard InChI is InChI=1S/C10H15N3O2/c1-7-12-9(14)6-10(13-7)15-8-2-4-11-5-3-8/h6,8,11H,2-5H2,1H3,(H,12,13,14). The zero-order valence-electron chi connectivity index (χ0n) is 8.75. The lowest BCUT2D eigenvalue weighted by atomic mass is 10.1. The van der Waals surface area contributed by atoms with Crippen LogP contribution in [0.15, 0.2) is 10.9 Å². The first-order valence-corrected chi connectivity index (χ1v) is 5.19. The zero-order valence-corrected chi connectivity index (χ0v) is 8.75. The molecule has 2 N–H and O–H groups in total. The van der Waals surface area contributed by atoms with Crippen molar-refractivity contribution in [2.75, 3.05) is 13.1 Å². The van der Waals surface area contributed by atoms with E-state index in [0.29, 0.717) is 11.7 Å². The first kappa shape index (κ1) is 10.2. The molecule has 0 radical (unpaired) electrons. The van der Waals surface area contributed by atoms with Gasteiger partial charge in [-0.25, -0.2) is 4.98 Å². The fourth-order valence-corrected chi connectivity index (χ4v) is 1.70. The van der Waals surface area contributed by atoms with Gasteiger partial charge in [-0.05, 0) is 32.9 Å². The number of ether oxygens (including phenoxy) is 1. The van der Waals surface area contributed by atoms with Crippen LogP contribution in [-0.4, -0.2) is 29.2 Å². The second-order valence-corrected chi connectivity index (χ2v) is 3.74. The largest absolute Gasteiger partial charge is 0.474 e. The summed E-state index contributed by atoms with van der Waals surface area (Å²) < 4.78 is 5.65. The van der Waals surface area contributed by atoms with Gasteiger partial charge in [-0.3, -0.25) is 4.79 Å². The number of nitrogens with zero attached hydrogens (tertiary/aromatic N) is 1. The van der Waals surface area contributed by atoms with Gasteiger partial charge < -0.3 is 15.0 Å². The van der Waals surface area contributed by atoms with E-state index in [1.807, 2.05) is 0 Å². The van der Waals surface area contributed by atoms with E-state index < -0.39 is 0 Å². The summed E-state index contributed by atoms with van der Waals surface area (Å²) in [6.45, 7) is 3.68. The van der Waals surface area contributed by atoms with Gasteiger partial charge in [0.05, 0.1) is 6.07 Å². The molecule has 1 aromatic rings. The molecule has 15 heavy (non-hydrogen) atoms. The van der Waals surface area contributed by atoms with E-state index in [-0.39, 0.29) is 11.7 Å². The quantitative estimate of drug-likeness (QED) is 0.730. The molecule has 0 amide bonds. The Kier molecular flexibility index (Phi) is 3.01. The molecule has 1 aliphatic rings. The Hall–Kier alpha value is -1.36. The van der Waals surface area contributed by atoms with Crippen LogP contribution in [0.5, 0.6) is 5.88 Å². The molecule has 0 aliphatic carbocycles. The molecule has 1 saturated heterocycles. The third-order valence-corrected chi connectivity index (χ3v) is 2.41. The SMILES string of the molecule is Cc1nc(OC2CCNCC2)cc(=O)[nH]1. The molecule has 0 bridgehead atoms. The topological polar surface area (TPSA) is 67.0 Å². The molecule has 5 heteroatoms. The summed E-state index contributed by atoms with van der Waals surface area (Å²) in [6.07, 6.45) is 2.11. The monoisotopic (exact) mass is 209 g/mol. The van der Waals surface area contributed by atoms with E-state index in [1.54, 1.807) is 6.92 Å². The Morgan fingerprint density at radius 2 is 2.20 bits per heavy atom. The Labute approximate surface area is 87.9 Å². The molecular weight excluding hydrogens is 194 g/mol. The lowest BCUT2D eigenvalue weighted by molar-refractivity contribution is 0.155. The number of rotatable bonds is 2. The average Bonchev–Trinajstić information content (AvgIpc) is 2.17. The fraction of sp³-hybridized carbons (Fsp3) is 0.600. The average molecular weight is 209 g/mol. The smallest absolute Gasteiger partial charge is 0.254 e. The lowest BCUT2D eigenvalue weighted by Crippen LogP contribution is -2.34. The van der Waals surface area contributed by atoms with Crippen LogP contribution in [-0.2, 0) is 0 Å². The highest BCUT2D eigenvalue weighted by Gasteiger charge is 2.15. The van der Waals surface area contributed by atoms with Gasteiger partial charge in [0.2, 0.25) is 5.88 Å². The summed E-state index contributed by atoms with van der Waals surface area (Å²) in [7, 11) is 0. The summed E-state index contributed by atoms with van der Waals surface area (Å²) >= 11 is 0. The number of nitrogens with one attached hydrogen (secondary N) is 2. The van der Waals surface area contributed by atoms with Gasteiger partial charge in [-0.15, -0.1) is 0 Å². The highest BCUT2D eigenvalue weighted by molar-refractivity contribution is 5.08. The van der Waals surface area contributed by atoms with Gasteiger partial charge in [-0.2, -0.15) is 0 Å². The summed E-state index contributed by atoms with van der Waals surface area (Å²) in [6, 6.07) is 1.40. The van der Waals surface area contributed by atoms with Crippen LogP contribution in [0, 0.1) is 6.92 Å². The van der Waals surface area contributed by atoms with E-state index >= 15 is 0 Å². The van der Waals surface area contributed by atoms with Crippen molar-refractivity contribution >= 4 is 0 Å². The maximum Gasteiger partial charge on any atom is 0.254 e. The highest BCUT2D eigenvalue weighted by atomic mass is 16.5. The minimum atomic E-state index is -0.161. The van der Waals surface area contributed by atoms with Gasteiger partial charge in [-0.1, -0.05) is 0 Å². The van der Waals surface area contributed by atoms with Gasteiger partial charge in [0.1, 0.15) is 11.9 Å². The molecule has 1 fully saturated rings. The number of aromatic amines is 1. The molecule has 0 unspecified atom stereocenters. The Balaban J connectivity index is 2.06. The van der Waals surface area contributed by atoms with Crippen molar-refractivity contribution in [3.05, 3.63) is 22.2 Å². The summed E-state index contributed by atoms with van der Waals surface area (Å²) in [5.74, 6) is 1.02. The number of piperidine rings is 1. The second-order valence-electron chi connectivity index (χ2n) is 3.74. The number of H-pyrrole nitrogens is 1. The Morgan fingerprint density at radius 3 is 2.87 bits per heavy atom. The third-order valence-electron chi connectivity index (χ3n) is 2.41. The predicted molar refractivity (Wildman–Crippen MR) is 56.1 cm³/mol. The van der Waals surface area contributed by atoms with E-state index in [0.717, 1.165) is 25.9 Å². The maximum absolute atomic E-state index is 11.2. The summed E-state index contributed by atoms with van der Waals surface area (Å²) in [5, 5.41) is 3.25. The van der Waals surface area contributed by atoms with Gasteiger partial charge >= 0.3 is 0 Å². The lowest BCUT2D eigenvalue weighted by Gasteiger charge is -2.23. The van der Waals surface area contributed by atoms with Crippen molar-refractivity contribution in [2.45, 2.75) is 25.9 Å². The van der Waals surface area contributed by atoms with E-state index in [1.165, 1.54) is 6.07 Å². The Bertz CT molecular complexity index is 382. The molecular formula is C10H15N3O2. The number of aromatic nitrogens is 2. The summed E-state index contributed by atoms with van der Waals surface area (Å²) in [4.78, 5) is 17.9. The number of aryl methyl sites for hydroxylation is 1. The molecule has 1 aliphatic heterocycles. The first-order valence-electron chi connectivity index (χ1n) is 5.19. The van der Waals surface area contributed by atoms with Gasteiger partial charge in [0.15, 0.2) is 0 Å². The molecule has 5 nitrogen and oxygen atoms in total. The fourth-order valence-electron chi connectivity index (χ4n) is 1.70. The number of hydrogen-bond donors (Lipinski definition) is 2. The van der Waals surface area contributed by atoms with Crippen molar-refractivity contribution < 1.29 is 4.74 Å². The van der Waals surface area contributed by atoms with Crippen molar-refractivity contribution in [3.63, 3.8) is 0 Å². The van der Waals surface area contributed by atoms with Crippen LogP contribution in [0.4, 0.5) is 0 Å². The third kappa shape index (κ3) is 2.79. The minimum absolute atomic E-state index is 0.161. The first-order chi connectivity index (χ1) is 7.24. The molecule has 82 valence electrons. The highest BCUT2D eigenvalue weighted by Crippen LogP contribution is 2.11. The van der Waals surface area contributed by atoms with Crippen molar-refractivity contribution in [2.24, 2.45) is 0 Å². The van der Waals surface area contributed by atoms with Gasteiger partial charge in [0.25, 0.3) is 5.56 Å². The summed E-state index contributed by atoms with van der Waals surface area (Å²) in [5.41, 5.74) is -0.161. The zero-order chi connectivity index (χ0) is 10.7.